The second kappa shape index (κ2) is 6.03. The molecule has 114 valence electrons. The molecule has 6 nitrogen and oxygen atoms in total. The lowest BCUT2D eigenvalue weighted by atomic mass is 10.3. The predicted molar refractivity (Wildman–Crippen MR) is 75.7 cm³/mol. The van der Waals surface area contributed by atoms with Crippen molar-refractivity contribution in [3.63, 3.8) is 0 Å². The molecule has 0 unspecified atom stereocenters. The second-order valence-corrected chi connectivity index (χ2v) is 7.40. The van der Waals surface area contributed by atoms with Gasteiger partial charge in [0.1, 0.15) is 0 Å². The molecule has 21 heavy (non-hydrogen) atoms. The molecular formula is C13H14ClNO5S. The topological polar surface area (TPSA) is 101 Å². The van der Waals surface area contributed by atoms with Gasteiger partial charge in [0.15, 0.2) is 9.84 Å². The summed E-state index contributed by atoms with van der Waals surface area (Å²) in [5, 5.41) is 11.6. The van der Waals surface area contributed by atoms with Crippen molar-refractivity contribution < 1.29 is 23.1 Å². The molecule has 1 aliphatic carbocycles. The highest BCUT2D eigenvalue weighted by molar-refractivity contribution is 7.91. The first-order valence-electron chi connectivity index (χ1n) is 6.30. The third kappa shape index (κ3) is 3.95. The van der Waals surface area contributed by atoms with E-state index in [4.69, 9.17) is 16.7 Å². The summed E-state index contributed by atoms with van der Waals surface area (Å²) in [6.07, 6.45) is 0.311. The van der Waals surface area contributed by atoms with Crippen LogP contribution in [0.4, 0.5) is 0 Å². The number of carbonyl (C=O) groups excluding carboxylic acids is 1. The van der Waals surface area contributed by atoms with Gasteiger partial charge in [-0.1, -0.05) is 11.6 Å². The van der Waals surface area contributed by atoms with Crippen LogP contribution in [0.15, 0.2) is 29.2 Å². The van der Waals surface area contributed by atoms with Gasteiger partial charge >= 0.3 is 5.97 Å². The zero-order valence-corrected chi connectivity index (χ0v) is 12.5. The lowest BCUT2D eigenvalue weighted by Crippen LogP contribution is -2.31. The summed E-state index contributed by atoms with van der Waals surface area (Å²) >= 11 is 5.69. The normalized spacial score (nSPS) is 20.8. The zero-order chi connectivity index (χ0) is 15.6. The molecule has 1 aromatic carbocycles. The van der Waals surface area contributed by atoms with Gasteiger partial charge in [-0.15, -0.1) is 0 Å². The fraction of sp³-hybridized carbons (Fsp3) is 0.385. The number of benzene rings is 1. The molecule has 2 N–H and O–H groups in total. The zero-order valence-electron chi connectivity index (χ0n) is 11.0. The first-order chi connectivity index (χ1) is 9.81. The van der Waals surface area contributed by atoms with E-state index in [2.05, 4.69) is 5.32 Å². The van der Waals surface area contributed by atoms with Crippen LogP contribution in [-0.4, -0.2) is 37.7 Å². The van der Waals surface area contributed by atoms with Gasteiger partial charge in [0.05, 0.1) is 22.5 Å². The van der Waals surface area contributed by atoms with E-state index in [1.54, 1.807) is 0 Å². The number of amides is 1. The van der Waals surface area contributed by atoms with Crippen molar-refractivity contribution in [2.45, 2.75) is 11.3 Å². The molecule has 0 spiro atoms. The molecule has 0 heterocycles. The van der Waals surface area contributed by atoms with E-state index in [0.29, 0.717) is 11.4 Å². The molecule has 0 saturated heterocycles. The predicted octanol–water partition coefficient (Wildman–Crippen LogP) is 0.951. The van der Waals surface area contributed by atoms with Gasteiger partial charge in [-0.3, -0.25) is 9.59 Å². The smallest absolute Gasteiger partial charge is 0.307 e. The minimum absolute atomic E-state index is 0.0490. The van der Waals surface area contributed by atoms with Crippen LogP contribution in [0, 0.1) is 11.8 Å². The quantitative estimate of drug-likeness (QED) is 0.808. The molecule has 0 aliphatic heterocycles. The Morgan fingerprint density at radius 1 is 1.24 bits per heavy atom. The standard InChI is InChI=1S/C13H14ClNO5S/c14-8-1-3-9(4-2-8)21(19,20)6-5-15-12(16)10-7-11(10)13(17)18/h1-4,10-11H,5-7H2,(H,15,16)(H,17,18)/t10-,11+/m0/s1. The maximum atomic E-state index is 12.0. The lowest BCUT2D eigenvalue weighted by molar-refractivity contribution is -0.140. The Labute approximate surface area is 127 Å². The number of halogens is 1. The highest BCUT2D eigenvalue weighted by atomic mass is 35.5. The number of carbonyl (C=O) groups is 2. The van der Waals surface area contributed by atoms with Crippen LogP contribution < -0.4 is 5.32 Å². The molecule has 0 radical (unpaired) electrons. The van der Waals surface area contributed by atoms with Gasteiger partial charge < -0.3 is 10.4 Å². The van der Waals surface area contributed by atoms with Crippen LogP contribution >= 0.6 is 11.6 Å². The van der Waals surface area contributed by atoms with Crippen molar-refractivity contribution in [2.75, 3.05) is 12.3 Å². The number of nitrogens with one attached hydrogen (secondary N) is 1. The lowest BCUT2D eigenvalue weighted by Gasteiger charge is -2.06. The number of rotatable bonds is 6. The molecule has 8 heteroatoms. The number of sulfone groups is 1. The minimum Gasteiger partial charge on any atom is -0.481 e. The summed E-state index contributed by atoms with van der Waals surface area (Å²) in [6.45, 7) is -0.0490. The Bertz CT molecular complexity index is 656. The number of aliphatic carboxylic acids is 1. The third-order valence-electron chi connectivity index (χ3n) is 3.29. The van der Waals surface area contributed by atoms with Crippen LogP contribution in [-0.2, 0) is 19.4 Å². The van der Waals surface area contributed by atoms with Crippen molar-refractivity contribution in [1.82, 2.24) is 5.32 Å². The first kappa shape index (κ1) is 15.8. The van der Waals surface area contributed by atoms with Gasteiger partial charge in [-0.05, 0) is 30.7 Å². The molecule has 0 aromatic heterocycles. The van der Waals surface area contributed by atoms with E-state index in [-0.39, 0.29) is 17.2 Å². The van der Waals surface area contributed by atoms with Crippen LogP contribution in [0.25, 0.3) is 0 Å². The summed E-state index contributed by atoms with van der Waals surface area (Å²) in [5.74, 6) is -2.83. The van der Waals surface area contributed by atoms with Crippen molar-refractivity contribution in [1.29, 1.82) is 0 Å². The number of hydrogen-bond acceptors (Lipinski definition) is 4. The van der Waals surface area contributed by atoms with Crippen molar-refractivity contribution >= 4 is 33.3 Å². The van der Waals surface area contributed by atoms with Crippen LogP contribution in [0.2, 0.25) is 5.02 Å². The van der Waals surface area contributed by atoms with E-state index in [1.165, 1.54) is 24.3 Å². The number of carboxylic acids is 1. The van der Waals surface area contributed by atoms with E-state index in [9.17, 15) is 18.0 Å². The van der Waals surface area contributed by atoms with Gasteiger partial charge in [-0.25, -0.2) is 8.42 Å². The highest BCUT2D eigenvalue weighted by Gasteiger charge is 2.48. The maximum absolute atomic E-state index is 12.0. The van der Waals surface area contributed by atoms with E-state index in [1.807, 2.05) is 0 Å². The minimum atomic E-state index is -3.50. The van der Waals surface area contributed by atoms with Crippen LogP contribution in [0.5, 0.6) is 0 Å². The summed E-state index contributed by atoms with van der Waals surface area (Å²) < 4.78 is 24.0. The van der Waals surface area contributed by atoms with E-state index >= 15 is 0 Å². The fourth-order valence-corrected chi connectivity index (χ4v) is 3.24. The fourth-order valence-electron chi connectivity index (χ4n) is 1.96. The van der Waals surface area contributed by atoms with Crippen LogP contribution in [0.3, 0.4) is 0 Å². The Balaban J connectivity index is 1.84. The average Bonchev–Trinajstić information content (AvgIpc) is 3.19. The van der Waals surface area contributed by atoms with Gasteiger partial charge in [0.2, 0.25) is 5.91 Å². The maximum Gasteiger partial charge on any atom is 0.307 e. The van der Waals surface area contributed by atoms with E-state index in [0.717, 1.165) is 0 Å². The number of hydrogen-bond donors (Lipinski definition) is 2. The summed E-state index contributed by atoms with van der Waals surface area (Å²) in [7, 11) is -3.50. The van der Waals surface area contributed by atoms with Crippen molar-refractivity contribution in [3.05, 3.63) is 29.3 Å². The number of carboxylic acid groups (broad SMARTS) is 1. The second-order valence-electron chi connectivity index (χ2n) is 4.85. The third-order valence-corrected chi connectivity index (χ3v) is 5.27. The van der Waals surface area contributed by atoms with Crippen molar-refractivity contribution in [2.24, 2.45) is 11.8 Å². The molecule has 1 fully saturated rings. The Morgan fingerprint density at radius 2 is 1.86 bits per heavy atom. The summed E-state index contributed by atoms with van der Waals surface area (Å²) in [4.78, 5) is 22.4. The SMILES string of the molecule is O=C(NCCS(=O)(=O)c1ccc(Cl)cc1)[C@H]1C[C@H]1C(=O)O. The molecule has 2 rings (SSSR count). The highest BCUT2D eigenvalue weighted by Crippen LogP contribution is 2.38. The summed E-state index contributed by atoms with van der Waals surface area (Å²) in [5.41, 5.74) is 0. The molecule has 1 saturated carbocycles. The summed E-state index contributed by atoms with van der Waals surface area (Å²) in [6, 6.07) is 5.77. The Kier molecular flexibility index (Phi) is 4.53. The monoisotopic (exact) mass is 331 g/mol. The molecule has 2 atom stereocenters. The molecule has 1 aromatic rings. The molecule has 0 bridgehead atoms. The molecule has 1 amide bonds. The molecular weight excluding hydrogens is 318 g/mol. The molecule has 1 aliphatic rings. The van der Waals surface area contributed by atoms with Gasteiger partial charge in [0.25, 0.3) is 0 Å². The first-order valence-corrected chi connectivity index (χ1v) is 8.33. The Morgan fingerprint density at radius 3 is 2.38 bits per heavy atom. The Hall–Kier alpha value is -1.60. The van der Waals surface area contributed by atoms with Gasteiger partial charge in [0, 0.05) is 11.6 Å². The average molecular weight is 332 g/mol. The van der Waals surface area contributed by atoms with Gasteiger partial charge in [-0.2, -0.15) is 0 Å². The largest absolute Gasteiger partial charge is 0.481 e. The van der Waals surface area contributed by atoms with E-state index < -0.39 is 33.5 Å². The van der Waals surface area contributed by atoms with Crippen LogP contribution in [0.1, 0.15) is 6.42 Å². The van der Waals surface area contributed by atoms with Crippen molar-refractivity contribution in [3.8, 4) is 0 Å².